The topological polar surface area (TPSA) is 89.9 Å². The quantitative estimate of drug-likeness (QED) is 0.625. The third-order valence-corrected chi connectivity index (χ3v) is 2.89. The van der Waals surface area contributed by atoms with Crippen LogP contribution in [0.2, 0.25) is 0 Å². The summed E-state index contributed by atoms with van der Waals surface area (Å²) in [5.74, 6) is -0.824. The van der Waals surface area contributed by atoms with Gasteiger partial charge in [-0.1, -0.05) is 13.8 Å². The molecule has 1 fully saturated rings. The van der Waals surface area contributed by atoms with Crippen LogP contribution in [0.5, 0.6) is 0 Å². The second-order valence-electron chi connectivity index (χ2n) is 5.12. The zero-order valence-corrected chi connectivity index (χ0v) is 10.9. The van der Waals surface area contributed by atoms with Gasteiger partial charge in [-0.2, -0.15) is 0 Å². The molecule has 0 heterocycles. The molecule has 0 aliphatic heterocycles. The lowest BCUT2D eigenvalue weighted by Gasteiger charge is -2.25. The highest BCUT2D eigenvalue weighted by Crippen LogP contribution is 2.26. The van der Waals surface area contributed by atoms with E-state index in [2.05, 4.69) is 5.32 Å². The molecule has 1 aliphatic carbocycles. The Balaban J connectivity index is 2.55. The van der Waals surface area contributed by atoms with Gasteiger partial charge < -0.3 is 20.4 Å². The van der Waals surface area contributed by atoms with E-state index in [4.69, 9.17) is 10.2 Å². The molecule has 0 radical (unpaired) electrons. The molecule has 0 unspecified atom stereocenters. The Labute approximate surface area is 107 Å². The SMILES string of the molecule is CC(C)C[C@@H](NC(=O)N(CCO)C1CC1)C(=O)O. The zero-order valence-electron chi connectivity index (χ0n) is 10.9. The summed E-state index contributed by atoms with van der Waals surface area (Å²) in [7, 11) is 0. The number of hydrogen-bond donors (Lipinski definition) is 3. The molecule has 0 aromatic rings. The van der Waals surface area contributed by atoms with Crippen LogP contribution in [-0.2, 0) is 4.79 Å². The minimum Gasteiger partial charge on any atom is -0.480 e. The first-order valence-electron chi connectivity index (χ1n) is 6.36. The molecule has 3 N–H and O–H groups in total. The fraction of sp³-hybridized carbons (Fsp3) is 0.833. The van der Waals surface area contributed by atoms with Gasteiger partial charge in [0.2, 0.25) is 0 Å². The maximum atomic E-state index is 12.0. The summed E-state index contributed by atoms with van der Waals surface area (Å²) < 4.78 is 0. The Morgan fingerprint density at radius 1 is 1.39 bits per heavy atom. The van der Waals surface area contributed by atoms with E-state index in [9.17, 15) is 9.59 Å². The van der Waals surface area contributed by atoms with Crippen molar-refractivity contribution in [2.24, 2.45) is 5.92 Å². The molecule has 0 aromatic heterocycles. The number of aliphatic hydroxyl groups is 1. The van der Waals surface area contributed by atoms with Crippen LogP contribution in [0.1, 0.15) is 33.1 Å². The fourth-order valence-corrected chi connectivity index (χ4v) is 1.87. The minimum atomic E-state index is -1.02. The molecular weight excluding hydrogens is 236 g/mol. The van der Waals surface area contributed by atoms with Crippen LogP contribution in [0.25, 0.3) is 0 Å². The Kier molecular flexibility index (Phi) is 5.40. The average molecular weight is 258 g/mol. The molecule has 1 saturated carbocycles. The van der Waals surface area contributed by atoms with Gasteiger partial charge in [0, 0.05) is 12.6 Å². The van der Waals surface area contributed by atoms with E-state index in [0.29, 0.717) is 6.42 Å². The summed E-state index contributed by atoms with van der Waals surface area (Å²) in [5, 5.41) is 20.5. The lowest BCUT2D eigenvalue weighted by Crippen LogP contribution is -2.49. The molecule has 6 heteroatoms. The number of aliphatic carboxylic acids is 1. The van der Waals surface area contributed by atoms with Crippen LogP contribution in [0.4, 0.5) is 4.79 Å². The highest BCUT2D eigenvalue weighted by Gasteiger charge is 2.33. The van der Waals surface area contributed by atoms with Crippen molar-refractivity contribution in [2.45, 2.75) is 45.2 Å². The highest BCUT2D eigenvalue weighted by molar-refractivity contribution is 5.82. The van der Waals surface area contributed by atoms with Gasteiger partial charge in [0.15, 0.2) is 0 Å². The molecule has 0 saturated heterocycles. The van der Waals surface area contributed by atoms with Crippen LogP contribution in [0, 0.1) is 5.92 Å². The number of carbonyl (C=O) groups excluding carboxylic acids is 1. The normalized spacial score (nSPS) is 16.4. The van der Waals surface area contributed by atoms with Crippen LogP contribution in [0.15, 0.2) is 0 Å². The predicted molar refractivity (Wildman–Crippen MR) is 66.2 cm³/mol. The lowest BCUT2D eigenvalue weighted by molar-refractivity contribution is -0.139. The van der Waals surface area contributed by atoms with Crippen molar-refractivity contribution in [3.05, 3.63) is 0 Å². The summed E-state index contributed by atoms with van der Waals surface area (Å²) in [6.45, 7) is 3.97. The maximum absolute atomic E-state index is 12.0. The average Bonchev–Trinajstić information content (AvgIpc) is 3.07. The van der Waals surface area contributed by atoms with Crippen LogP contribution < -0.4 is 5.32 Å². The summed E-state index contributed by atoms with van der Waals surface area (Å²) in [6.07, 6.45) is 2.25. The van der Waals surface area contributed by atoms with Crippen molar-refractivity contribution < 1.29 is 19.8 Å². The van der Waals surface area contributed by atoms with Crippen molar-refractivity contribution in [2.75, 3.05) is 13.2 Å². The van der Waals surface area contributed by atoms with Crippen LogP contribution in [-0.4, -0.2) is 52.3 Å². The highest BCUT2D eigenvalue weighted by atomic mass is 16.4. The number of amides is 2. The second-order valence-corrected chi connectivity index (χ2v) is 5.12. The van der Waals surface area contributed by atoms with E-state index in [-0.39, 0.29) is 31.1 Å². The third kappa shape index (κ3) is 4.52. The van der Waals surface area contributed by atoms with E-state index < -0.39 is 12.0 Å². The van der Waals surface area contributed by atoms with Crippen molar-refractivity contribution in [3.63, 3.8) is 0 Å². The van der Waals surface area contributed by atoms with Crippen molar-refractivity contribution in [1.29, 1.82) is 0 Å². The number of urea groups is 1. The molecule has 0 bridgehead atoms. The van der Waals surface area contributed by atoms with Gasteiger partial charge >= 0.3 is 12.0 Å². The van der Waals surface area contributed by atoms with E-state index in [0.717, 1.165) is 12.8 Å². The lowest BCUT2D eigenvalue weighted by atomic mass is 10.0. The summed E-state index contributed by atoms with van der Waals surface area (Å²) in [5.41, 5.74) is 0. The van der Waals surface area contributed by atoms with Crippen LogP contribution in [0.3, 0.4) is 0 Å². The van der Waals surface area contributed by atoms with E-state index in [1.165, 1.54) is 4.90 Å². The maximum Gasteiger partial charge on any atom is 0.326 e. The van der Waals surface area contributed by atoms with Gasteiger partial charge in [0.25, 0.3) is 0 Å². The van der Waals surface area contributed by atoms with Gasteiger partial charge in [-0.25, -0.2) is 9.59 Å². The third-order valence-electron chi connectivity index (χ3n) is 2.89. The first-order chi connectivity index (χ1) is 8.45. The van der Waals surface area contributed by atoms with E-state index in [1.54, 1.807) is 0 Å². The van der Waals surface area contributed by atoms with Crippen molar-refractivity contribution in [3.8, 4) is 0 Å². The Bertz CT molecular complexity index is 302. The van der Waals surface area contributed by atoms with Gasteiger partial charge in [0.05, 0.1) is 6.61 Å². The molecule has 1 aliphatic rings. The smallest absolute Gasteiger partial charge is 0.326 e. The monoisotopic (exact) mass is 258 g/mol. The number of carbonyl (C=O) groups is 2. The number of aliphatic hydroxyl groups excluding tert-OH is 1. The van der Waals surface area contributed by atoms with Gasteiger partial charge in [-0.05, 0) is 25.2 Å². The molecule has 2 amide bonds. The standard InChI is InChI=1S/C12H22N2O4/c1-8(2)7-10(11(16)17)13-12(18)14(5-6-15)9-3-4-9/h8-10,15H,3-7H2,1-2H3,(H,13,18)(H,16,17)/t10-/m1/s1. The van der Waals surface area contributed by atoms with E-state index >= 15 is 0 Å². The predicted octanol–water partition coefficient (Wildman–Crippen LogP) is 0.652. The summed E-state index contributed by atoms with van der Waals surface area (Å²) in [4.78, 5) is 24.5. The number of rotatable bonds is 7. The Morgan fingerprint density at radius 3 is 2.39 bits per heavy atom. The number of carboxylic acid groups (broad SMARTS) is 1. The summed E-state index contributed by atoms with van der Waals surface area (Å²) >= 11 is 0. The first kappa shape index (κ1) is 14.8. The van der Waals surface area contributed by atoms with Crippen molar-refractivity contribution >= 4 is 12.0 Å². The number of nitrogens with zero attached hydrogens (tertiary/aromatic N) is 1. The molecule has 1 atom stereocenters. The molecule has 104 valence electrons. The molecule has 1 rings (SSSR count). The molecule has 18 heavy (non-hydrogen) atoms. The number of carboxylic acids is 1. The second kappa shape index (κ2) is 6.58. The molecule has 0 spiro atoms. The Hall–Kier alpha value is -1.30. The first-order valence-corrected chi connectivity index (χ1v) is 6.36. The summed E-state index contributed by atoms with van der Waals surface area (Å²) in [6, 6.07) is -1.09. The van der Waals surface area contributed by atoms with Crippen LogP contribution >= 0.6 is 0 Å². The number of nitrogens with one attached hydrogen (secondary N) is 1. The van der Waals surface area contributed by atoms with Gasteiger partial charge in [0.1, 0.15) is 6.04 Å². The molecule has 0 aromatic carbocycles. The fourth-order valence-electron chi connectivity index (χ4n) is 1.87. The van der Waals surface area contributed by atoms with Crippen molar-refractivity contribution in [1.82, 2.24) is 10.2 Å². The van der Waals surface area contributed by atoms with Gasteiger partial charge in [-0.3, -0.25) is 0 Å². The molecule has 6 nitrogen and oxygen atoms in total. The van der Waals surface area contributed by atoms with E-state index in [1.807, 2.05) is 13.8 Å². The zero-order chi connectivity index (χ0) is 13.7. The Morgan fingerprint density at radius 2 is 2.00 bits per heavy atom. The number of hydrogen-bond acceptors (Lipinski definition) is 3. The largest absolute Gasteiger partial charge is 0.480 e. The minimum absolute atomic E-state index is 0.105. The molecular formula is C12H22N2O4. The van der Waals surface area contributed by atoms with Gasteiger partial charge in [-0.15, -0.1) is 0 Å².